The molecule has 21 heavy (non-hydrogen) atoms. The Morgan fingerprint density at radius 1 is 1.19 bits per heavy atom. The van der Waals surface area contributed by atoms with Gasteiger partial charge in [0.25, 0.3) is 0 Å². The van der Waals surface area contributed by atoms with Gasteiger partial charge in [-0.3, -0.25) is 4.79 Å². The fraction of sp³-hybridized carbons (Fsp3) is 0.588. The topological polar surface area (TPSA) is 32.3 Å². The summed E-state index contributed by atoms with van der Waals surface area (Å²) in [6.07, 6.45) is 4.34. The predicted molar refractivity (Wildman–Crippen MR) is 90.0 cm³/mol. The molecule has 1 N–H and O–H groups in total. The standard InChI is InChI=1S/C17H26N2O.ClH/c1-18-12-13-19(2)17(20)16-10-8-15(9-11-16)14-6-4-3-5-7-14;/h3-7,15-16,18H,8-13H2,1-2H3;1H. The molecule has 118 valence electrons. The lowest BCUT2D eigenvalue weighted by Gasteiger charge is -2.30. The molecule has 0 unspecified atom stereocenters. The molecule has 4 heteroatoms. The lowest BCUT2D eigenvalue weighted by Crippen LogP contribution is -2.38. The number of nitrogens with one attached hydrogen (secondary N) is 1. The molecule has 0 aromatic heterocycles. The molecule has 0 bridgehead atoms. The zero-order valence-corrected chi connectivity index (χ0v) is 13.9. The van der Waals surface area contributed by atoms with Crippen LogP contribution in [-0.4, -0.2) is 38.0 Å². The first-order valence-corrected chi connectivity index (χ1v) is 7.67. The van der Waals surface area contributed by atoms with Crippen molar-refractivity contribution < 1.29 is 4.79 Å². The summed E-state index contributed by atoms with van der Waals surface area (Å²) in [6, 6.07) is 10.7. The van der Waals surface area contributed by atoms with Crippen LogP contribution in [0.15, 0.2) is 30.3 Å². The average Bonchev–Trinajstić information content (AvgIpc) is 2.53. The molecule has 1 aliphatic carbocycles. The Morgan fingerprint density at radius 3 is 2.38 bits per heavy atom. The molecule has 0 aliphatic heterocycles. The number of hydrogen-bond acceptors (Lipinski definition) is 2. The number of likely N-dealkylation sites (N-methyl/N-ethyl adjacent to an activating group) is 2. The summed E-state index contributed by atoms with van der Waals surface area (Å²) >= 11 is 0. The van der Waals surface area contributed by atoms with Crippen LogP contribution in [0.2, 0.25) is 0 Å². The average molecular weight is 311 g/mol. The third-order valence-corrected chi connectivity index (χ3v) is 4.42. The molecule has 1 aromatic rings. The molecule has 0 saturated heterocycles. The molecule has 1 amide bonds. The number of nitrogens with zero attached hydrogens (tertiary/aromatic N) is 1. The Balaban J connectivity index is 0.00000220. The number of carbonyl (C=O) groups excluding carboxylic acids is 1. The highest BCUT2D eigenvalue weighted by Gasteiger charge is 2.28. The van der Waals surface area contributed by atoms with E-state index in [9.17, 15) is 4.79 Å². The zero-order chi connectivity index (χ0) is 14.4. The Hall–Kier alpha value is -1.06. The Labute approximate surface area is 134 Å². The molecule has 1 fully saturated rings. The van der Waals surface area contributed by atoms with E-state index in [0.717, 1.165) is 38.8 Å². The Kier molecular flexibility index (Phi) is 7.76. The van der Waals surface area contributed by atoms with Crippen LogP contribution < -0.4 is 5.32 Å². The van der Waals surface area contributed by atoms with Crippen molar-refractivity contribution in [3.05, 3.63) is 35.9 Å². The summed E-state index contributed by atoms with van der Waals surface area (Å²) < 4.78 is 0. The van der Waals surface area contributed by atoms with Crippen molar-refractivity contribution in [2.75, 3.05) is 27.2 Å². The number of rotatable bonds is 5. The molecule has 2 rings (SSSR count). The molecule has 0 heterocycles. The van der Waals surface area contributed by atoms with Crippen molar-refractivity contribution in [1.29, 1.82) is 0 Å². The summed E-state index contributed by atoms with van der Waals surface area (Å²) in [5.74, 6) is 1.20. The van der Waals surface area contributed by atoms with Gasteiger partial charge in [-0.15, -0.1) is 12.4 Å². The van der Waals surface area contributed by atoms with E-state index in [1.807, 2.05) is 19.0 Å². The highest BCUT2D eigenvalue weighted by molar-refractivity contribution is 5.85. The SMILES string of the molecule is CNCCN(C)C(=O)C1CCC(c2ccccc2)CC1.Cl. The highest BCUT2D eigenvalue weighted by atomic mass is 35.5. The number of carbonyl (C=O) groups is 1. The van der Waals surface area contributed by atoms with E-state index >= 15 is 0 Å². The minimum Gasteiger partial charge on any atom is -0.344 e. The Morgan fingerprint density at radius 2 is 1.81 bits per heavy atom. The van der Waals surface area contributed by atoms with Crippen LogP contribution in [0.3, 0.4) is 0 Å². The van der Waals surface area contributed by atoms with E-state index in [-0.39, 0.29) is 18.3 Å². The van der Waals surface area contributed by atoms with Crippen molar-refractivity contribution in [3.8, 4) is 0 Å². The van der Waals surface area contributed by atoms with Crippen molar-refractivity contribution in [3.63, 3.8) is 0 Å². The second-order valence-corrected chi connectivity index (χ2v) is 5.82. The van der Waals surface area contributed by atoms with Gasteiger partial charge in [0.2, 0.25) is 5.91 Å². The van der Waals surface area contributed by atoms with E-state index in [4.69, 9.17) is 0 Å². The summed E-state index contributed by atoms with van der Waals surface area (Å²) in [5, 5.41) is 3.09. The van der Waals surface area contributed by atoms with Crippen LogP contribution in [0.4, 0.5) is 0 Å². The molecule has 1 saturated carbocycles. The maximum atomic E-state index is 12.3. The van der Waals surface area contributed by atoms with Crippen molar-refractivity contribution >= 4 is 18.3 Å². The van der Waals surface area contributed by atoms with Crippen molar-refractivity contribution in [2.45, 2.75) is 31.6 Å². The van der Waals surface area contributed by atoms with Crippen molar-refractivity contribution in [1.82, 2.24) is 10.2 Å². The number of benzene rings is 1. The monoisotopic (exact) mass is 310 g/mol. The summed E-state index contributed by atoms with van der Waals surface area (Å²) in [4.78, 5) is 14.2. The van der Waals surface area contributed by atoms with E-state index in [1.165, 1.54) is 5.56 Å². The second kappa shape index (κ2) is 9.06. The Bertz CT molecular complexity index is 416. The molecular weight excluding hydrogens is 284 g/mol. The molecule has 1 aromatic carbocycles. The van der Waals surface area contributed by atoms with Gasteiger partial charge in [0.05, 0.1) is 0 Å². The maximum absolute atomic E-state index is 12.3. The lowest BCUT2D eigenvalue weighted by atomic mass is 9.78. The van der Waals surface area contributed by atoms with Gasteiger partial charge >= 0.3 is 0 Å². The quantitative estimate of drug-likeness (QED) is 0.906. The van der Waals surface area contributed by atoms with E-state index in [2.05, 4.69) is 35.6 Å². The van der Waals surface area contributed by atoms with Gasteiger partial charge in [-0.1, -0.05) is 30.3 Å². The zero-order valence-electron chi connectivity index (χ0n) is 13.0. The smallest absolute Gasteiger partial charge is 0.225 e. The predicted octanol–water partition coefficient (Wildman–Crippen LogP) is 3.06. The van der Waals surface area contributed by atoms with Gasteiger partial charge in [0.15, 0.2) is 0 Å². The van der Waals surface area contributed by atoms with E-state index < -0.39 is 0 Å². The van der Waals surface area contributed by atoms with E-state index in [1.54, 1.807) is 0 Å². The van der Waals surface area contributed by atoms with Gasteiger partial charge in [0.1, 0.15) is 0 Å². The fourth-order valence-electron chi connectivity index (χ4n) is 3.10. The van der Waals surface area contributed by atoms with Gasteiger partial charge < -0.3 is 10.2 Å². The molecular formula is C17H27ClN2O. The van der Waals surface area contributed by atoms with Crippen molar-refractivity contribution in [2.24, 2.45) is 5.92 Å². The second-order valence-electron chi connectivity index (χ2n) is 5.82. The van der Waals surface area contributed by atoms with Crippen LogP contribution >= 0.6 is 12.4 Å². The van der Waals surface area contributed by atoms with Gasteiger partial charge in [-0.05, 0) is 44.2 Å². The van der Waals surface area contributed by atoms with Crippen LogP contribution in [0.1, 0.15) is 37.2 Å². The van der Waals surface area contributed by atoms with Gasteiger partial charge in [0, 0.05) is 26.1 Å². The minimum absolute atomic E-state index is 0. The number of amides is 1. The number of halogens is 1. The number of hydrogen-bond donors (Lipinski definition) is 1. The van der Waals surface area contributed by atoms with E-state index in [0.29, 0.717) is 11.8 Å². The third-order valence-electron chi connectivity index (χ3n) is 4.42. The summed E-state index contributed by atoms with van der Waals surface area (Å²) in [7, 11) is 3.84. The first-order chi connectivity index (χ1) is 9.72. The van der Waals surface area contributed by atoms with Crippen LogP contribution in [0.25, 0.3) is 0 Å². The summed E-state index contributed by atoms with van der Waals surface area (Å²) in [6.45, 7) is 1.66. The molecule has 3 nitrogen and oxygen atoms in total. The van der Waals surface area contributed by atoms with Gasteiger partial charge in [-0.25, -0.2) is 0 Å². The minimum atomic E-state index is 0. The molecule has 0 radical (unpaired) electrons. The van der Waals surface area contributed by atoms with Crippen LogP contribution in [0, 0.1) is 5.92 Å². The fourth-order valence-corrected chi connectivity index (χ4v) is 3.10. The molecule has 0 atom stereocenters. The first kappa shape index (κ1) is 18.0. The molecule has 1 aliphatic rings. The normalized spacial score (nSPS) is 21.4. The third kappa shape index (κ3) is 5.01. The lowest BCUT2D eigenvalue weighted by molar-refractivity contribution is -0.135. The maximum Gasteiger partial charge on any atom is 0.225 e. The van der Waals surface area contributed by atoms with Gasteiger partial charge in [-0.2, -0.15) is 0 Å². The first-order valence-electron chi connectivity index (χ1n) is 7.67. The largest absolute Gasteiger partial charge is 0.344 e. The van der Waals surface area contributed by atoms with Crippen LogP contribution in [-0.2, 0) is 4.79 Å². The van der Waals surface area contributed by atoms with Crippen LogP contribution in [0.5, 0.6) is 0 Å². The highest BCUT2D eigenvalue weighted by Crippen LogP contribution is 2.36. The molecule has 0 spiro atoms. The summed E-state index contributed by atoms with van der Waals surface area (Å²) in [5.41, 5.74) is 1.43.